The molecule has 1 saturated carbocycles. The zero-order chi connectivity index (χ0) is 10.1. The molecule has 3 nitrogen and oxygen atoms in total. The maximum atomic E-state index is 3.48. The van der Waals surface area contributed by atoms with E-state index in [0.717, 1.165) is 11.3 Å². The topological polar surface area (TPSA) is 27.3 Å². The van der Waals surface area contributed by atoms with Crippen LogP contribution in [0.5, 0.6) is 0 Å². The van der Waals surface area contributed by atoms with E-state index in [1.165, 1.54) is 65.1 Å². The Kier molecular flexibility index (Phi) is 2.71. The van der Waals surface area contributed by atoms with Gasteiger partial charge in [-0.05, 0) is 43.7 Å². The van der Waals surface area contributed by atoms with Crippen LogP contribution in [0.3, 0.4) is 0 Å². The third-order valence-electron chi connectivity index (χ3n) is 4.65. The Hall–Kier alpha value is -0.120. The van der Waals surface area contributed by atoms with Crippen molar-refractivity contribution in [3.05, 3.63) is 0 Å². The molecule has 1 unspecified atom stereocenters. The molecule has 1 atom stereocenters. The zero-order valence-electron chi connectivity index (χ0n) is 9.60. The van der Waals surface area contributed by atoms with Crippen LogP contribution in [0.1, 0.15) is 19.3 Å². The summed E-state index contributed by atoms with van der Waals surface area (Å²) in [6.45, 7) is 8.83. The Labute approximate surface area is 92.6 Å². The van der Waals surface area contributed by atoms with Crippen LogP contribution in [0.2, 0.25) is 0 Å². The molecule has 15 heavy (non-hydrogen) atoms. The van der Waals surface area contributed by atoms with Gasteiger partial charge in [0.2, 0.25) is 0 Å². The Morgan fingerprint density at radius 3 is 2.40 bits per heavy atom. The van der Waals surface area contributed by atoms with Crippen LogP contribution in [-0.2, 0) is 0 Å². The zero-order valence-corrected chi connectivity index (χ0v) is 9.60. The summed E-state index contributed by atoms with van der Waals surface area (Å²) in [5, 5.41) is 6.91. The minimum atomic E-state index is 0.774. The number of hydrogen-bond acceptors (Lipinski definition) is 3. The molecule has 3 heteroatoms. The average molecular weight is 209 g/mol. The van der Waals surface area contributed by atoms with Crippen molar-refractivity contribution in [2.24, 2.45) is 11.3 Å². The van der Waals surface area contributed by atoms with Crippen molar-refractivity contribution in [3.63, 3.8) is 0 Å². The van der Waals surface area contributed by atoms with Crippen LogP contribution in [-0.4, -0.2) is 50.7 Å². The fourth-order valence-corrected chi connectivity index (χ4v) is 3.43. The predicted molar refractivity (Wildman–Crippen MR) is 62.0 cm³/mol. The van der Waals surface area contributed by atoms with Crippen molar-refractivity contribution in [2.75, 3.05) is 45.8 Å². The Morgan fingerprint density at radius 2 is 1.67 bits per heavy atom. The normalized spacial score (nSPS) is 35.6. The minimum Gasteiger partial charge on any atom is -0.317 e. The van der Waals surface area contributed by atoms with E-state index in [4.69, 9.17) is 0 Å². The quantitative estimate of drug-likeness (QED) is 0.684. The molecule has 0 aromatic rings. The first kappa shape index (κ1) is 10.1. The molecule has 0 amide bonds. The molecule has 0 aromatic carbocycles. The van der Waals surface area contributed by atoms with Gasteiger partial charge in [0.1, 0.15) is 0 Å². The SMILES string of the molecule is C1CN(CC2CC23CCNCC3)CCN1. The molecule has 1 spiro atoms. The summed E-state index contributed by atoms with van der Waals surface area (Å²) >= 11 is 0. The highest BCUT2D eigenvalue weighted by Crippen LogP contribution is 2.58. The predicted octanol–water partition coefficient (Wildman–Crippen LogP) is 0.281. The van der Waals surface area contributed by atoms with Gasteiger partial charge < -0.3 is 15.5 Å². The van der Waals surface area contributed by atoms with Gasteiger partial charge in [-0.15, -0.1) is 0 Å². The maximum absolute atomic E-state index is 3.48. The first-order valence-electron chi connectivity index (χ1n) is 6.53. The first-order valence-corrected chi connectivity index (χ1v) is 6.53. The fraction of sp³-hybridized carbons (Fsp3) is 1.00. The monoisotopic (exact) mass is 209 g/mol. The van der Waals surface area contributed by atoms with E-state index >= 15 is 0 Å². The number of rotatable bonds is 2. The van der Waals surface area contributed by atoms with Crippen molar-refractivity contribution in [2.45, 2.75) is 19.3 Å². The number of piperazine rings is 1. The third kappa shape index (κ3) is 2.05. The smallest absolute Gasteiger partial charge is 0.0107 e. The van der Waals surface area contributed by atoms with Crippen molar-refractivity contribution in [1.29, 1.82) is 0 Å². The van der Waals surface area contributed by atoms with Gasteiger partial charge in [-0.25, -0.2) is 0 Å². The van der Waals surface area contributed by atoms with Crippen LogP contribution < -0.4 is 10.6 Å². The van der Waals surface area contributed by atoms with Gasteiger partial charge in [-0.1, -0.05) is 0 Å². The summed E-state index contributed by atoms with van der Waals surface area (Å²) < 4.78 is 0. The minimum absolute atomic E-state index is 0.774. The van der Waals surface area contributed by atoms with Crippen LogP contribution in [0.25, 0.3) is 0 Å². The number of piperidine rings is 1. The standard InChI is InChI=1S/C12H23N3/c1-3-13-4-2-12(1)9-11(12)10-15-7-5-14-6-8-15/h11,13-14H,1-10H2. The molecule has 1 aliphatic carbocycles. The molecular formula is C12H23N3. The van der Waals surface area contributed by atoms with Gasteiger partial charge in [0, 0.05) is 32.7 Å². The van der Waals surface area contributed by atoms with Gasteiger partial charge in [0.05, 0.1) is 0 Å². The van der Waals surface area contributed by atoms with Gasteiger partial charge >= 0.3 is 0 Å². The summed E-state index contributed by atoms with van der Waals surface area (Å²) in [5.41, 5.74) is 0.774. The average Bonchev–Trinajstić information content (AvgIpc) is 2.93. The van der Waals surface area contributed by atoms with Gasteiger partial charge in [0.15, 0.2) is 0 Å². The summed E-state index contributed by atoms with van der Waals surface area (Å²) in [6.07, 6.45) is 4.38. The second-order valence-electron chi connectivity index (χ2n) is 5.56. The highest BCUT2D eigenvalue weighted by Gasteiger charge is 2.53. The van der Waals surface area contributed by atoms with E-state index in [-0.39, 0.29) is 0 Å². The van der Waals surface area contributed by atoms with Gasteiger partial charge in [0.25, 0.3) is 0 Å². The Bertz CT molecular complexity index is 217. The maximum Gasteiger partial charge on any atom is 0.0107 e. The second-order valence-corrected chi connectivity index (χ2v) is 5.56. The molecule has 3 aliphatic rings. The van der Waals surface area contributed by atoms with E-state index in [9.17, 15) is 0 Å². The summed E-state index contributed by atoms with van der Waals surface area (Å²) in [6, 6.07) is 0. The molecule has 2 heterocycles. The molecular weight excluding hydrogens is 186 g/mol. The number of nitrogens with one attached hydrogen (secondary N) is 2. The summed E-state index contributed by atoms with van der Waals surface area (Å²) in [4.78, 5) is 2.66. The lowest BCUT2D eigenvalue weighted by molar-refractivity contribution is 0.208. The lowest BCUT2D eigenvalue weighted by Gasteiger charge is -2.29. The third-order valence-corrected chi connectivity index (χ3v) is 4.65. The van der Waals surface area contributed by atoms with Gasteiger partial charge in [-0.2, -0.15) is 0 Å². The molecule has 2 N–H and O–H groups in total. The highest BCUT2D eigenvalue weighted by atomic mass is 15.2. The second kappa shape index (κ2) is 4.04. The van der Waals surface area contributed by atoms with Crippen LogP contribution >= 0.6 is 0 Å². The molecule has 86 valence electrons. The molecule has 0 bridgehead atoms. The van der Waals surface area contributed by atoms with Crippen LogP contribution in [0.15, 0.2) is 0 Å². The highest BCUT2D eigenvalue weighted by molar-refractivity contribution is 5.05. The number of nitrogens with zero attached hydrogens (tertiary/aromatic N) is 1. The summed E-state index contributed by atoms with van der Waals surface area (Å²) in [7, 11) is 0. The Morgan fingerprint density at radius 1 is 1.00 bits per heavy atom. The van der Waals surface area contributed by atoms with Crippen molar-refractivity contribution < 1.29 is 0 Å². The van der Waals surface area contributed by atoms with E-state index in [0.29, 0.717) is 0 Å². The van der Waals surface area contributed by atoms with E-state index in [1.54, 1.807) is 0 Å². The molecule has 0 radical (unpaired) electrons. The van der Waals surface area contributed by atoms with Crippen LogP contribution in [0.4, 0.5) is 0 Å². The first-order chi connectivity index (χ1) is 7.39. The van der Waals surface area contributed by atoms with Crippen molar-refractivity contribution >= 4 is 0 Å². The molecule has 2 aliphatic heterocycles. The lowest BCUT2D eigenvalue weighted by atomic mass is 9.92. The van der Waals surface area contributed by atoms with E-state index in [1.807, 2.05) is 0 Å². The van der Waals surface area contributed by atoms with Crippen LogP contribution in [0, 0.1) is 11.3 Å². The number of hydrogen-bond donors (Lipinski definition) is 2. The molecule has 0 aromatic heterocycles. The van der Waals surface area contributed by atoms with Gasteiger partial charge in [-0.3, -0.25) is 0 Å². The fourth-order valence-electron chi connectivity index (χ4n) is 3.43. The Balaban J connectivity index is 1.48. The summed E-state index contributed by atoms with van der Waals surface area (Å²) in [5.74, 6) is 1.03. The molecule has 3 fully saturated rings. The molecule has 3 rings (SSSR count). The van der Waals surface area contributed by atoms with E-state index < -0.39 is 0 Å². The van der Waals surface area contributed by atoms with Crippen molar-refractivity contribution in [3.8, 4) is 0 Å². The molecule has 2 saturated heterocycles. The largest absolute Gasteiger partial charge is 0.317 e. The van der Waals surface area contributed by atoms with E-state index in [2.05, 4.69) is 15.5 Å². The van der Waals surface area contributed by atoms with Crippen molar-refractivity contribution in [1.82, 2.24) is 15.5 Å². The lowest BCUT2D eigenvalue weighted by Crippen LogP contribution is -2.44.